The van der Waals surface area contributed by atoms with Crippen LogP contribution in [0.2, 0.25) is 0 Å². The third-order valence-electron chi connectivity index (χ3n) is 2.38. The molecule has 2 nitrogen and oxygen atoms in total. The first kappa shape index (κ1) is 6.20. The van der Waals surface area contributed by atoms with Crippen LogP contribution in [0.4, 0.5) is 0 Å². The zero-order valence-electron chi connectivity index (χ0n) is 6.38. The van der Waals surface area contributed by atoms with Crippen molar-refractivity contribution in [2.45, 2.75) is 32.2 Å². The van der Waals surface area contributed by atoms with Crippen molar-refractivity contribution in [1.29, 1.82) is 0 Å². The number of rotatable bonds is 2. The lowest BCUT2D eigenvalue weighted by Gasteiger charge is -1.94. The number of hydrogen-bond donors (Lipinski definition) is 1. The van der Waals surface area contributed by atoms with E-state index < -0.39 is 0 Å². The molecule has 2 atom stereocenters. The Hall–Kier alpha value is -0.530. The van der Waals surface area contributed by atoms with E-state index in [2.05, 4.69) is 11.9 Å². The molecule has 2 aliphatic carbocycles. The highest BCUT2D eigenvalue weighted by atomic mass is 14.9. The van der Waals surface area contributed by atoms with E-state index in [-0.39, 0.29) is 0 Å². The fourth-order valence-corrected chi connectivity index (χ4v) is 1.16. The summed E-state index contributed by atoms with van der Waals surface area (Å²) in [6, 6.07) is 0.584. The number of aliphatic imine (C=N–C) groups is 1. The molecule has 10 heavy (non-hydrogen) atoms. The Kier molecular flexibility index (Phi) is 1.22. The van der Waals surface area contributed by atoms with Gasteiger partial charge in [-0.25, -0.2) is 0 Å². The van der Waals surface area contributed by atoms with Gasteiger partial charge in [0.2, 0.25) is 0 Å². The molecule has 2 saturated carbocycles. The van der Waals surface area contributed by atoms with Gasteiger partial charge in [0.05, 0.1) is 11.9 Å². The molecule has 2 unspecified atom stereocenters. The van der Waals surface area contributed by atoms with Gasteiger partial charge in [0, 0.05) is 5.92 Å². The van der Waals surface area contributed by atoms with Gasteiger partial charge in [0.1, 0.15) is 0 Å². The third-order valence-corrected chi connectivity index (χ3v) is 2.38. The Morgan fingerprint density at radius 2 is 2.10 bits per heavy atom. The number of nitrogens with two attached hydrogens (primary N) is 1. The second-order valence-corrected chi connectivity index (χ2v) is 3.61. The van der Waals surface area contributed by atoms with E-state index in [1.807, 2.05) is 0 Å². The second kappa shape index (κ2) is 1.97. The minimum atomic E-state index is 0.584. The van der Waals surface area contributed by atoms with Crippen LogP contribution in [0.5, 0.6) is 0 Å². The fraction of sp³-hybridized carbons (Fsp3) is 0.875. The monoisotopic (exact) mass is 138 g/mol. The van der Waals surface area contributed by atoms with Crippen LogP contribution in [0.25, 0.3) is 0 Å². The number of amidine groups is 1. The average molecular weight is 138 g/mol. The highest BCUT2D eigenvalue weighted by molar-refractivity contribution is 5.85. The van der Waals surface area contributed by atoms with Crippen molar-refractivity contribution < 1.29 is 0 Å². The molecule has 0 bridgehead atoms. The lowest BCUT2D eigenvalue weighted by molar-refractivity contribution is 0.884. The quantitative estimate of drug-likeness (QED) is 0.451. The Morgan fingerprint density at radius 3 is 2.50 bits per heavy atom. The molecule has 2 aliphatic rings. The SMILES string of the molecule is CC1CC1N=C(N)C1CC1. The predicted molar refractivity (Wildman–Crippen MR) is 41.9 cm³/mol. The summed E-state index contributed by atoms with van der Waals surface area (Å²) in [6.45, 7) is 2.23. The summed E-state index contributed by atoms with van der Waals surface area (Å²) in [4.78, 5) is 4.43. The van der Waals surface area contributed by atoms with E-state index in [0.29, 0.717) is 12.0 Å². The number of hydrogen-bond acceptors (Lipinski definition) is 1. The van der Waals surface area contributed by atoms with Gasteiger partial charge in [-0.1, -0.05) is 6.92 Å². The maximum Gasteiger partial charge on any atom is 0.0971 e. The van der Waals surface area contributed by atoms with Crippen LogP contribution < -0.4 is 5.73 Å². The van der Waals surface area contributed by atoms with E-state index >= 15 is 0 Å². The van der Waals surface area contributed by atoms with E-state index in [1.165, 1.54) is 19.3 Å². The third kappa shape index (κ3) is 1.15. The first-order chi connectivity index (χ1) is 4.77. The summed E-state index contributed by atoms with van der Waals surface area (Å²) in [5.74, 6) is 2.39. The minimum absolute atomic E-state index is 0.584. The molecule has 0 heterocycles. The van der Waals surface area contributed by atoms with Crippen LogP contribution >= 0.6 is 0 Å². The topological polar surface area (TPSA) is 38.4 Å². The van der Waals surface area contributed by atoms with Crippen LogP contribution in [-0.2, 0) is 0 Å². The van der Waals surface area contributed by atoms with Crippen molar-refractivity contribution >= 4 is 5.84 Å². The average Bonchev–Trinajstić information content (AvgIpc) is 2.66. The van der Waals surface area contributed by atoms with Crippen LogP contribution in [0.1, 0.15) is 26.2 Å². The summed E-state index contributed by atoms with van der Waals surface area (Å²) in [5.41, 5.74) is 5.73. The van der Waals surface area contributed by atoms with Crippen molar-refractivity contribution in [2.24, 2.45) is 22.6 Å². The molecule has 0 aromatic heterocycles. The summed E-state index contributed by atoms with van der Waals surface area (Å²) < 4.78 is 0. The lowest BCUT2D eigenvalue weighted by atomic mass is 10.4. The molecule has 0 radical (unpaired) electrons. The summed E-state index contributed by atoms with van der Waals surface area (Å²) in [6.07, 6.45) is 3.81. The summed E-state index contributed by atoms with van der Waals surface area (Å²) in [5, 5.41) is 0. The molecule has 0 saturated heterocycles. The van der Waals surface area contributed by atoms with E-state index in [0.717, 1.165) is 11.8 Å². The highest BCUT2D eigenvalue weighted by Gasteiger charge is 2.34. The van der Waals surface area contributed by atoms with Gasteiger partial charge >= 0.3 is 0 Å². The van der Waals surface area contributed by atoms with Crippen molar-refractivity contribution in [1.82, 2.24) is 0 Å². The molecule has 0 amide bonds. The molecule has 2 rings (SSSR count). The zero-order valence-corrected chi connectivity index (χ0v) is 6.38. The molecule has 0 spiro atoms. The Morgan fingerprint density at radius 1 is 1.50 bits per heavy atom. The van der Waals surface area contributed by atoms with Gasteiger partial charge in [0.15, 0.2) is 0 Å². The van der Waals surface area contributed by atoms with Crippen molar-refractivity contribution in [2.75, 3.05) is 0 Å². The molecule has 0 aliphatic heterocycles. The zero-order chi connectivity index (χ0) is 7.14. The predicted octanol–water partition coefficient (Wildman–Crippen LogP) is 1.16. The molecule has 2 heteroatoms. The standard InChI is InChI=1S/C8H14N2/c1-5-4-7(5)10-8(9)6-2-3-6/h5-7H,2-4H2,1H3,(H2,9,10). The minimum Gasteiger partial charge on any atom is -0.387 e. The molecular weight excluding hydrogens is 124 g/mol. The van der Waals surface area contributed by atoms with Gasteiger partial charge in [-0.2, -0.15) is 0 Å². The first-order valence-electron chi connectivity index (χ1n) is 4.10. The molecule has 2 fully saturated rings. The van der Waals surface area contributed by atoms with E-state index in [9.17, 15) is 0 Å². The smallest absolute Gasteiger partial charge is 0.0971 e. The summed E-state index contributed by atoms with van der Waals surface area (Å²) >= 11 is 0. The highest BCUT2D eigenvalue weighted by Crippen LogP contribution is 2.35. The van der Waals surface area contributed by atoms with Crippen LogP contribution in [-0.4, -0.2) is 11.9 Å². The molecule has 56 valence electrons. The van der Waals surface area contributed by atoms with Crippen molar-refractivity contribution in [3.05, 3.63) is 0 Å². The normalized spacial score (nSPS) is 39.9. The van der Waals surface area contributed by atoms with Gasteiger partial charge < -0.3 is 5.73 Å². The molecule has 0 aromatic rings. The lowest BCUT2D eigenvalue weighted by Crippen LogP contribution is -2.14. The first-order valence-corrected chi connectivity index (χ1v) is 4.10. The van der Waals surface area contributed by atoms with E-state index in [4.69, 9.17) is 5.73 Å². The molecule has 2 N–H and O–H groups in total. The largest absolute Gasteiger partial charge is 0.387 e. The van der Waals surface area contributed by atoms with Gasteiger partial charge in [-0.05, 0) is 25.2 Å². The fourth-order valence-electron chi connectivity index (χ4n) is 1.16. The maximum atomic E-state index is 5.73. The summed E-state index contributed by atoms with van der Waals surface area (Å²) in [7, 11) is 0. The molecule has 0 aromatic carbocycles. The Bertz CT molecular complexity index is 170. The maximum absolute atomic E-state index is 5.73. The molecular formula is C8H14N2. The second-order valence-electron chi connectivity index (χ2n) is 3.61. The Labute approximate surface area is 61.5 Å². The van der Waals surface area contributed by atoms with Gasteiger partial charge in [-0.3, -0.25) is 4.99 Å². The van der Waals surface area contributed by atoms with Crippen LogP contribution in [0.3, 0.4) is 0 Å². The number of nitrogens with zero attached hydrogens (tertiary/aromatic N) is 1. The van der Waals surface area contributed by atoms with Gasteiger partial charge in [0.25, 0.3) is 0 Å². The van der Waals surface area contributed by atoms with Crippen LogP contribution in [0, 0.1) is 11.8 Å². The van der Waals surface area contributed by atoms with Crippen molar-refractivity contribution in [3.8, 4) is 0 Å². The van der Waals surface area contributed by atoms with Crippen molar-refractivity contribution in [3.63, 3.8) is 0 Å². The van der Waals surface area contributed by atoms with E-state index in [1.54, 1.807) is 0 Å². The van der Waals surface area contributed by atoms with Gasteiger partial charge in [-0.15, -0.1) is 0 Å². The Balaban J connectivity index is 1.89. The van der Waals surface area contributed by atoms with Crippen LogP contribution in [0.15, 0.2) is 4.99 Å².